The second-order valence-electron chi connectivity index (χ2n) is 10.9. The summed E-state index contributed by atoms with van der Waals surface area (Å²) in [4.78, 5) is 20.3. The van der Waals surface area contributed by atoms with Gasteiger partial charge in [-0.05, 0) is 74.9 Å². The van der Waals surface area contributed by atoms with E-state index in [0.717, 1.165) is 45.3 Å². The number of nitrogens with zero attached hydrogens (tertiary/aromatic N) is 3. The summed E-state index contributed by atoms with van der Waals surface area (Å²) in [7, 11) is 0. The average molecular weight is 426 g/mol. The number of piperidine rings is 2. The van der Waals surface area contributed by atoms with Crippen LogP contribution in [0.2, 0.25) is 0 Å². The number of carbonyl (C=O) groups excluding carboxylic acids is 1. The summed E-state index contributed by atoms with van der Waals surface area (Å²) in [5.41, 5.74) is 1.90. The van der Waals surface area contributed by atoms with Gasteiger partial charge in [0.1, 0.15) is 0 Å². The van der Waals surface area contributed by atoms with Gasteiger partial charge >= 0.3 is 0 Å². The van der Waals surface area contributed by atoms with Crippen LogP contribution in [0.25, 0.3) is 0 Å². The Kier molecular flexibility index (Phi) is 7.71. The molecule has 3 fully saturated rings. The average Bonchev–Trinajstić information content (AvgIpc) is 2.94. The summed E-state index contributed by atoms with van der Waals surface area (Å²) < 4.78 is 0. The second-order valence-corrected chi connectivity index (χ2v) is 10.9. The van der Waals surface area contributed by atoms with Gasteiger partial charge in [-0.2, -0.15) is 0 Å². The van der Waals surface area contributed by atoms with Gasteiger partial charge in [0.15, 0.2) is 0 Å². The van der Waals surface area contributed by atoms with Gasteiger partial charge in [0.2, 0.25) is 5.91 Å². The highest BCUT2D eigenvalue weighted by Crippen LogP contribution is 2.40. The number of hydrogen-bond acceptors (Lipinski definition) is 3. The molecule has 0 unspecified atom stereocenters. The molecule has 4 nitrogen and oxygen atoms in total. The molecule has 172 valence electrons. The predicted octanol–water partition coefficient (Wildman–Crippen LogP) is 4.79. The minimum atomic E-state index is 0.390. The van der Waals surface area contributed by atoms with Crippen molar-refractivity contribution in [2.24, 2.45) is 11.3 Å². The quantitative estimate of drug-likeness (QED) is 0.655. The van der Waals surface area contributed by atoms with E-state index < -0.39 is 0 Å². The zero-order valence-corrected chi connectivity index (χ0v) is 19.9. The highest BCUT2D eigenvalue weighted by atomic mass is 16.2. The molecule has 2 atom stereocenters. The van der Waals surface area contributed by atoms with Crippen molar-refractivity contribution in [1.82, 2.24) is 14.7 Å². The Hall–Kier alpha value is -1.39. The van der Waals surface area contributed by atoms with Crippen LogP contribution < -0.4 is 0 Å². The van der Waals surface area contributed by atoms with E-state index in [2.05, 4.69) is 58.9 Å². The normalized spacial score (nSPS) is 28.9. The van der Waals surface area contributed by atoms with Gasteiger partial charge < -0.3 is 4.90 Å². The molecule has 4 heteroatoms. The van der Waals surface area contributed by atoms with E-state index >= 15 is 0 Å². The molecule has 0 aliphatic carbocycles. The smallest absolute Gasteiger partial charge is 0.222 e. The Morgan fingerprint density at radius 3 is 2.55 bits per heavy atom. The van der Waals surface area contributed by atoms with E-state index in [1.807, 2.05) is 0 Å². The molecule has 3 aliphatic rings. The lowest BCUT2D eigenvalue weighted by molar-refractivity contribution is -0.130. The third kappa shape index (κ3) is 6.10. The summed E-state index contributed by atoms with van der Waals surface area (Å²) in [6.45, 7) is 12.4. The van der Waals surface area contributed by atoms with E-state index in [1.165, 1.54) is 57.4 Å². The molecule has 3 saturated heterocycles. The fraction of sp³-hybridized carbons (Fsp3) is 0.741. The predicted molar refractivity (Wildman–Crippen MR) is 128 cm³/mol. The Labute approximate surface area is 190 Å². The second kappa shape index (κ2) is 10.5. The Morgan fingerprint density at radius 2 is 1.77 bits per heavy atom. The highest BCUT2D eigenvalue weighted by molar-refractivity contribution is 5.76. The monoisotopic (exact) mass is 425 g/mol. The fourth-order valence-electron chi connectivity index (χ4n) is 6.22. The minimum Gasteiger partial charge on any atom is -0.343 e. The zero-order chi connectivity index (χ0) is 21.7. The molecular formula is C27H43N3O. The van der Waals surface area contributed by atoms with Crippen LogP contribution in [0.1, 0.15) is 70.8 Å². The van der Waals surface area contributed by atoms with Gasteiger partial charge in [0.05, 0.1) is 0 Å². The lowest BCUT2D eigenvalue weighted by atomic mass is 9.73. The maximum absolute atomic E-state index is 12.7. The van der Waals surface area contributed by atoms with Gasteiger partial charge in [-0.1, -0.05) is 44.2 Å². The van der Waals surface area contributed by atoms with Crippen LogP contribution in [-0.2, 0) is 11.3 Å². The molecule has 0 saturated carbocycles. The third-order valence-corrected chi connectivity index (χ3v) is 7.95. The summed E-state index contributed by atoms with van der Waals surface area (Å²) >= 11 is 0. The van der Waals surface area contributed by atoms with Crippen molar-refractivity contribution in [2.75, 3.05) is 39.3 Å². The standard InChI is InChI=1S/C27H43N3O/c1-23(2)12-18-29-19-13-25(10-11-26(29)31)30-17-7-15-27(22-30)14-6-16-28(21-27)20-24-8-4-3-5-9-24/h3-5,8-9,23,25H,6-7,10-22H2,1-2H3/t25-,27+/m1/s1. The first-order valence-electron chi connectivity index (χ1n) is 12.8. The van der Waals surface area contributed by atoms with Crippen LogP contribution in [0.3, 0.4) is 0 Å². The van der Waals surface area contributed by atoms with Crippen molar-refractivity contribution in [3.63, 3.8) is 0 Å². The maximum atomic E-state index is 12.7. The van der Waals surface area contributed by atoms with Crippen LogP contribution in [-0.4, -0.2) is 65.9 Å². The maximum Gasteiger partial charge on any atom is 0.222 e. The number of rotatable bonds is 6. The van der Waals surface area contributed by atoms with Gasteiger partial charge in [-0.15, -0.1) is 0 Å². The molecule has 3 heterocycles. The first-order valence-corrected chi connectivity index (χ1v) is 12.8. The number of likely N-dealkylation sites (tertiary alicyclic amines) is 3. The molecule has 1 aromatic carbocycles. The van der Waals surface area contributed by atoms with Crippen LogP contribution in [0, 0.1) is 11.3 Å². The molecular weight excluding hydrogens is 382 g/mol. The molecule has 0 N–H and O–H groups in total. The molecule has 3 aliphatic heterocycles. The van der Waals surface area contributed by atoms with Crippen LogP contribution in [0.4, 0.5) is 0 Å². The molecule has 0 bridgehead atoms. The van der Waals surface area contributed by atoms with Gasteiger partial charge in [0, 0.05) is 45.2 Å². The number of benzene rings is 1. The van der Waals surface area contributed by atoms with E-state index in [-0.39, 0.29) is 0 Å². The Bertz CT molecular complexity index is 702. The molecule has 1 spiro atoms. The van der Waals surface area contributed by atoms with E-state index in [0.29, 0.717) is 23.3 Å². The molecule has 31 heavy (non-hydrogen) atoms. The first-order chi connectivity index (χ1) is 15.0. The summed E-state index contributed by atoms with van der Waals surface area (Å²) in [5.74, 6) is 1.06. The van der Waals surface area contributed by atoms with Crippen LogP contribution >= 0.6 is 0 Å². The SMILES string of the molecule is CC(C)CCN1CC[C@H](N2CCC[C@]3(CCCN(Cc4ccccc4)C3)C2)CCC1=O. The topological polar surface area (TPSA) is 26.8 Å². The lowest BCUT2D eigenvalue weighted by Gasteiger charge is -2.50. The van der Waals surface area contributed by atoms with Crippen LogP contribution in [0.15, 0.2) is 30.3 Å². The Morgan fingerprint density at radius 1 is 1.00 bits per heavy atom. The summed E-state index contributed by atoms with van der Waals surface area (Å²) in [6, 6.07) is 11.6. The number of hydrogen-bond donors (Lipinski definition) is 0. The summed E-state index contributed by atoms with van der Waals surface area (Å²) in [5, 5.41) is 0. The van der Waals surface area contributed by atoms with Crippen molar-refractivity contribution < 1.29 is 4.79 Å². The van der Waals surface area contributed by atoms with Crippen molar-refractivity contribution in [1.29, 1.82) is 0 Å². The van der Waals surface area contributed by atoms with Crippen molar-refractivity contribution in [2.45, 2.75) is 77.8 Å². The minimum absolute atomic E-state index is 0.390. The van der Waals surface area contributed by atoms with Gasteiger partial charge in [-0.25, -0.2) is 0 Å². The van der Waals surface area contributed by atoms with Crippen molar-refractivity contribution >= 4 is 5.91 Å². The largest absolute Gasteiger partial charge is 0.343 e. The van der Waals surface area contributed by atoms with Crippen molar-refractivity contribution in [3.8, 4) is 0 Å². The lowest BCUT2D eigenvalue weighted by Crippen LogP contribution is -2.54. The zero-order valence-electron chi connectivity index (χ0n) is 19.9. The van der Waals surface area contributed by atoms with Crippen LogP contribution in [0.5, 0.6) is 0 Å². The summed E-state index contributed by atoms with van der Waals surface area (Å²) in [6.07, 6.45) is 9.48. The third-order valence-electron chi connectivity index (χ3n) is 7.95. The molecule has 0 radical (unpaired) electrons. The van der Waals surface area contributed by atoms with Gasteiger partial charge in [0.25, 0.3) is 0 Å². The van der Waals surface area contributed by atoms with E-state index in [1.54, 1.807) is 0 Å². The van der Waals surface area contributed by atoms with E-state index in [4.69, 9.17) is 0 Å². The molecule has 1 aromatic rings. The van der Waals surface area contributed by atoms with E-state index in [9.17, 15) is 4.79 Å². The fourth-order valence-corrected chi connectivity index (χ4v) is 6.22. The van der Waals surface area contributed by atoms with Crippen molar-refractivity contribution in [3.05, 3.63) is 35.9 Å². The first kappa shape index (κ1) is 22.8. The molecule has 0 aromatic heterocycles. The van der Waals surface area contributed by atoms with Gasteiger partial charge in [-0.3, -0.25) is 14.6 Å². The molecule has 1 amide bonds. The number of carbonyl (C=O) groups is 1. The highest BCUT2D eigenvalue weighted by Gasteiger charge is 2.41. The Balaban J connectivity index is 1.35. The number of amides is 1. The molecule has 4 rings (SSSR count).